The molecule has 2 rings (SSSR count). The molecule has 1 fully saturated rings. The van der Waals surface area contributed by atoms with Crippen molar-refractivity contribution in [2.75, 3.05) is 19.7 Å². The van der Waals surface area contributed by atoms with Crippen LogP contribution in [0.4, 0.5) is 0 Å². The molecular formula is C17H25NO2. The van der Waals surface area contributed by atoms with E-state index in [4.69, 9.17) is 4.74 Å². The van der Waals surface area contributed by atoms with Gasteiger partial charge in [-0.15, -0.1) is 0 Å². The third kappa shape index (κ3) is 4.34. The molecule has 0 bridgehead atoms. The zero-order valence-electron chi connectivity index (χ0n) is 12.6. The van der Waals surface area contributed by atoms with E-state index >= 15 is 0 Å². The van der Waals surface area contributed by atoms with Gasteiger partial charge in [-0.3, -0.25) is 4.90 Å². The Morgan fingerprint density at radius 1 is 1.25 bits per heavy atom. The van der Waals surface area contributed by atoms with Crippen molar-refractivity contribution in [2.45, 2.75) is 45.6 Å². The van der Waals surface area contributed by atoms with E-state index in [1.165, 1.54) is 24.0 Å². The summed E-state index contributed by atoms with van der Waals surface area (Å²) in [6.07, 6.45) is 5.48. The number of aldehydes is 1. The number of ether oxygens (including phenoxy) is 1. The Morgan fingerprint density at radius 3 is 2.70 bits per heavy atom. The Bertz CT molecular complexity index is 424. The molecule has 0 amide bonds. The van der Waals surface area contributed by atoms with Crippen LogP contribution in [0.25, 0.3) is 0 Å². The number of rotatable bonds is 6. The van der Waals surface area contributed by atoms with Crippen molar-refractivity contribution in [1.29, 1.82) is 0 Å². The van der Waals surface area contributed by atoms with Crippen molar-refractivity contribution >= 4 is 6.29 Å². The first kappa shape index (κ1) is 15.0. The van der Waals surface area contributed by atoms with Crippen molar-refractivity contribution < 1.29 is 9.53 Å². The van der Waals surface area contributed by atoms with Gasteiger partial charge in [0.1, 0.15) is 12.0 Å². The number of aryl methyl sites for hydroxylation is 2. The quantitative estimate of drug-likeness (QED) is 0.590. The molecule has 1 saturated heterocycles. The van der Waals surface area contributed by atoms with Crippen molar-refractivity contribution in [3.63, 3.8) is 0 Å². The molecule has 1 heterocycles. The Balaban J connectivity index is 1.74. The monoisotopic (exact) mass is 275 g/mol. The molecule has 20 heavy (non-hydrogen) atoms. The maximum Gasteiger partial charge on any atom is 0.137 e. The fraction of sp³-hybridized carbons (Fsp3) is 0.588. The molecule has 1 aromatic rings. The third-order valence-corrected chi connectivity index (χ3v) is 3.87. The molecule has 0 spiro atoms. The number of carbonyl (C=O) groups excluding carboxylic acids is 1. The Kier molecular flexibility index (Phi) is 5.60. The number of likely N-dealkylation sites (tertiary alicyclic amines) is 1. The second-order valence-corrected chi connectivity index (χ2v) is 5.76. The van der Waals surface area contributed by atoms with Gasteiger partial charge in [0.2, 0.25) is 0 Å². The minimum atomic E-state index is 0.130. The van der Waals surface area contributed by atoms with Gasteiger partial charge in [-0.1, -0.05) is 12.5 Å². The van der Waals surface area contributed by atoms with Crippen LogP contribution in [0.3, 0.4) is 0 Å². The molecule has 110 valence electrons. The molecule has 0 aliphatic carbocycles. The van der Waals surface area contributed by atoms with E-state index in [0.29, 0.717) is 6.61 Å². The van der Waals surface area contributed by atoms with Gasteiger partial charge in [0.15, 0.2) is 0 Å². The van der Waals surface area contributed by atoms with Crippen molar-refractivity contribution in [1.82, 2.24) is 4.90 Å². The first-order valence-corrected chi connectivity index (χ1v) is 7.59. The molecule has 1 atom stereocenters. The fourth-order valence-electron chi connectivity index (χ4n) is 2.92. The molecule has 3 heteroatoms. The van der Waals surface area contributed by atoms with Crippen LogP contribution in [0.15, 0.2) is 18.2 Å². The van der Waals surface area contributed by atoms with Crippen molar-refractivity contribution in [3.05, 3.63) is 29.3 Å². The molecule has 0 aromatic heterocycles. The van der Waals surface area contributed by atoms with Crippen LogP contribution in [-0.4, -0.2) is 36.9 Å². The van der Waals surface area contributed by atoms with Gasteiger partial charge in [0, 0.05) is 6.54 Å². The summed E-state index contributed by atoms with van der Waals surface area (Å²) < 4.78 is 5.81. The van der Waals surface area contributed by atoms with Crippen LogP contribution >= 0.6 is 0 Å². The van der Waals surface area contributed by atoms with Crippen LogP contribution in [0.1, 0.15) is 36.8 Å². The van der Waals surface area contributed by atoms with Crippen LogP contribution in [0, 0.1) is 13.8 Å². The number of piperidine rings is 1. The first-order valence-electron chi connectivity index (χ1n) is 7.59. The number of carbonyl (C=O) groups is 1. The minimum absolute atomic E-state index is 0.130. The lowest BCUT2D eigenvalue weighted by Gasteiger charge is -2.32. The summed E-state index contributed by atoms with van der Waals surface area (Å²) in [4.78, 5) is 13.3. The van der Waals surface area contributed by atoms with E-state index in [-0.39, 0.29) is 6.04 Å². The summed E-state index contributed by atoms with van der Waals surface area (Å²) in [7, 11) is 0. The predicted molar refractivity (Wildman–Crippen MR) is 81.3 cm³/mol. The lowest BCUT2D eigenvalue weighted by Crippen LogP contribution is -2.41. The highest BCUT2D eigenvalue weighted by molar-refractivity contribution is 5.57. The van der Waals surface area contributed by atoms with Crippen LogP contribution in [-0.2, 0) is 4.79 Å². The normalized spacial score (nSPS) is 19.8. The number of hydrogen-bond acceptors (Lipinski definition) is 3. The summed E-state index contributed by atoms with van der Waals surface area (Å²) in [6, 6.07) is 6.42. The molecule has 0 radical (unpaired) electrons. The summed E-state index contributed by atoms with van der Waals surface area (Å²) >= 11 is 0. The average Bonchev–Trinajstić information content (AvgIpc) is 2.43. The summed E-state index contributed by atoms with van der Waals surface area (Å²) in [5.74, 6) is 0.952. The van der Waals surface area contributed by atoms with Crippen LogP contribution < -0.4 is 4.74 Å². The van der Waals surface area contributed by atoms with E-state index in [1.54, 1.807) is 0 Å². The smallest absolute Gasteiger partial charge is 0.137 e. The molecular weight excluding hydrogens is 250 g/mol. The zero-order chi connectivity index (χ0) is 14.4. The standard InChI is InChI=1S/C17H25NO2/c1-14-10-15(2)12-17(11-14)20-9-5-8-18-7-4-3-6-16(18)13-19/h10-13,16H,3-9H2,1-2H3. The van der Waals surface area contributed by atoms with Gasteiger partial charge < -0.3 is 9.53 Å². The number of nitrogens with zero attached hydrogens (tertiary/aromatic N) is 1. The van der Waals surface area contributed by atoms with Gasteiger partial charge in [0.25, 0.3) is 0 Å². The Morgan fingerprint density at radius 2 is 2.00 bits per heavy atom. The number of hydrogen-bond donors (Lipinski definition) is 0. The predicted octanol–water partition coefficient (Wildman–Crippen LogP) is 3.13. The maximum absolute atomic E-state index is 11.0. The highest BCUT2D eigenvalue weighted by Gasteiger charge is 2.20. The zero-order valence-corrected chi connectivity index (χ0v) is 12.6. The molecule has 3 nitrogen and oxygen atoms in total. The van der Waals surface area contributed by atoms with Gasteiger partial charge in [-0.25, -0.2) is 0 Å². The topological polar surface area (TPSA) is 29.5 Å². The molecule has 1 unspecified atom stereocenters. The minimum Gasteiger partial charge on any atom is -0.494 e. The molecule has 0 saturated carbocycles. The van der Waals surface area contributed by atoms with Gasteiger partial charge in [-0.05, 0) is 62.9 Å². The summed E-state index contributed by atoms with van der Waals surface area (Å²) in [6.45, 7) is 6.89. The summed E-state index contributed by atoms with van der Waals surface area (Å²) in [5, 5.41) is 0. The van der Waals surface area contributed by atoms with E-state index in [0.717, 1.165) is 38.0 Å². The van der Waals surface area contributed by atoms with E-state index in [1.807, 2.05) is 0 Å². The fourth-order valence-corrected chi connectivity index (χ4v) is 2.92. The van der Waals surface area contributed by atoms with E-state index in [9.17, 15) is 4.79 Å². The van der Waals surface area contributed by atoms with Crippen molar-refractivity contribution in [3.8, 4) is 5.75 Å². The third-order valence-electron chi connectivity index (χ3n) is 3.87. The lowest BCUT2D eigenvalue weighted by atomic mass is 10.0. The lowest BCUT2D eigenvalue weighted by molar-refractivity contribution is -0.113. The molecule has 0 N–H and O–H groups in total. The van der Waals surface area contributed by atoms with Gasteiger partial charge in [-0.2, -0.15) is 0 Å². The van der Waals surface area contributed by atoms with E-state index in [2.05, 4.69) is 36.9 Å². The van der Waals surface area contributed by atoms with Crippen LogP contribution in [0.2, 0.25) is 0 Å². The Labute approximate surface area is 121 Å². The Hall–Kier alpha value is -1.35. The van der Waals surface area contributed by atoms with E-state index < -0.39 is 0 Å². The first-order chi connectivity index (χ1) is 9.69. The molecule has 1 aromatic carbocycles. The second kappa shape index (κ2) is 7.44. The highest BCUT2D eigenvalue weighted by atomic mass is 16.5. The van der Waals surface area contributed by atoms with Crippen molar-refractivity contribution in [2.24, 2.45) is 0 Å². The average molecular weight is 275 g/mol. The van der Waals surface area contributed by atoms with Crippen LogP contribution in [0.5, 0.6) is 5.75 Å². The SMILES string of the molecule is Cc1cc(C)cc(OCCCN2CCCCC2C=O)c1. The maximum atomic E-state index is 11.0. The highest BCUT2D eigenvalue weighted by Crippen LogP contribution is 2.18. The second-order valence-electron chi connectivity index (χ2n) is 5.76. The molecule has 1 aliphatic heterocycles. The number of benzene rings is 1. The molecule has 1 aliphatic rings. The largest absolute Gasteiger partial charge is 0.494 e. The van der Waals surface area contributed by atoms with Gasteiger partial charge >= 0.3 is 0 Å². The van der Waals surface area contributed by atoms with Gasteiger partial charge in [0.05, 0.1) is 12.6 Å². The summed E-state index contributed by atoms with van der Waals surface area (Å²) in [5.41, 5.74) is 2.47.